The maximum absolute atomic E-state index is 13.7. The Hall–Kier alpha value is -2.31. The topological polar surface area (TPSA) is 42.0 Å². The minimum atomic E-state index is -0.711. The first kappa shape index (κ1) is 15.6. The van der Waals surface area contributed by atoms with E-state index in [1.54, 1.807) is 17.5 Å². The lowest BCUT2D eigenvalue weighted by Gasteiger charge is -2.05. The van der Waals surface area contributed by atoms with Crippen molar-refractivity contribution in [2.24, 2.45) is 0 Å². The Balaban J connectivity index is 1.83. The highest BCUT2D eigenvalue weighted by atomic mass is 35.5. The van der Waals surface area contributed by atoms with E-state index in [-0.39, 0.29) is 21.5 Å². The molecular weight excluding hydrogens is 342 g/mol. The van der Waals surface area contributed by atoms with Crippen LogP contribution in [0.1, 0.15) is 10.4 Å². The Morgan fingerprint density at radius 1 is 1.17 bits per heavy atom. The van der Waals surface area contributed by atoms with Crippen molar-refractivity contribution in [2.75, 3.05) is 5.32 Å². The molecule has 3 aromatic rings. The maximum Gasteiger partial charge on any atom is 0.261 e. The van der Waals surface area contributed by atoms with Crippen molar-refractivity contribution in [3.05, 3.63) is 70.1 Å². The zero-order valence-electron chi connectivity index (χ0n) is 11.5. The molecular formula is C16H9ClF2N2OS. The van der Waals surface area contributed by atoms with Crippen LogP contribution in [0, 0.1) is 11.6 Å². The van der Waals surface area contributed by atoms with E-state index in [1.807, 2.05) is 0 Å². The number of nitrogens with zero attached hydrogens (tertiary/aromatic N) is 1. The molecule has 116 valence electrons. The van der Waals surface area contributed by atoms with E-state index in [4.69, 9.17) is 11.6 Å². The second-order valence-electron chi connectivity index (χ2n) is 4.60. The van der Waals surface area contributed by atoms with Gasteiger partial charge in [0.25, 0.3) is 5.91 Å². The number of benzene rings is 2. The summed E-state index contributed by atoms with van der Waals surface area (Å²) < 4.78 is 26.9. The number of rotatable bonds is 3. The van der Waals surface area contributed by atoms with Gasteiger partial charge in [0, 0.05) is 10.9 Å². The van der Waals surface area contributed by atoms with Gasteiger partial charge < -0.3 is 0 Å². The standard InChI is InChI=1S/C16H9ClF2N2OS/c17-11-5-2-6-12(19)14(11)15(22)21-16-20-13(8-23-16)9-3-1-4-10(18)7-9/h1-8H,(H,20,21,22). The van der Waals surface area contributed by atoms with E-state index in [9.17, 15) is 13.6 Å². The van der Waals surface area contributed by atoms with Crippen LogP contribution in [0.15, 0.2) is 47.8 Å². The number of carbonyl (C=O) groups excluding carboxylic acids is 1. The number of nitrogens with one attached hydrogen (secondary N) is 1. The Morgan fingerprint density at radius 2 is 1.96 bits per heavy atom. The third kappa shape index (κ3) is 3.38. The van der Waals surface area contributed by atoms with Gasteiger partial charge in [-0.15, -0.1) is 11.3 Å². The predicted octanol–water partition coefficient (Wildman–Crippen LogP) is 4.99. The van der Waals surface area contributed by atoms with Gasteiger partial charge >= 0.3 is 0 Å². The van der Waals surface area contributed by atoms with Gasteiger partial charge in [0.15, 0.2) is 5.13 Å². The third-order valence-corrected chi connectivity index (χ3v) is 4.11. The largest absolute Gasteiger partial charge is 0.298 e. The summed E-state index contributed by atoms with van der Waals surface area (Å²) in [6, 6.07) is 9.95. The Labute approximate surface area is 139 Å². The molecule has 0 aliphatic heterocycles. The van der Waals surface area contributed by atoms with E-state index in [1.165, 1.54) is 24.3 Å². The number of carbonyl (C=O) groups is 1. The zero-order chi connectivity index (χ0) is 16.4. The van der Waals surface area contributed by atoms with Gasteiger partial charge in [-0.2, -0.15) is 0 Å². The molecule has 3 rings (SSSR count). The minimum absolute atomic E-state index is 0.0180. The number of halogens is 3. The Bertz CT molecular complexity index is 862. The number of hydrogen-bond donors (Lipinski definition) is 1. The normalized spacial score (nSPS) is 10.6. The van der Waals surface area contributed by atoms with Gasteiger partial charge in [-0.3, -0.25) is 10.1 Å². The van der Waals surface area contributed by atoms with Gasteiger partial charge in [0.1, 0.15) is 11.6 Å². The summed E-state index contributed by atoms with van der Waals surface area (Å²) in [5, 5.41) is 4.46. The molecule has 1 aromatic heterocycles. The summed E-state index contributed by atoms with van der Waals surface area (Å²) in [5.41, 5.74) is 0.867. The van der Waals surface area contributed by atoms with Crippen LogP contribution in [0.2, 0.25) is 5.02 Å². The lowest BCUT2D eigenvalue weighted by Crippen LogP contribution is -2.14. The highest BCUT2D eigenvalue weighted by Gasteiger charge is 2.17. The van der Waals surface area contributed by atoms with Crippen LogP contribution in [0.4, 0.5) is 13.9 Å². The smallest absolute Gasteiger partial charge is 0.261 e. The summed E-state index contributed by atoms with van der Waals surface area (Å²) >= 11 is 7.00. The van der Waals surface area contributed by atoms with Gasteiger partial charge in [0.2, 0.25) is 0 Å². The van der Waals surface area contributed by atoms with Crippen molar-refractivity contribution in [2.45, 2.75) is 0 Å². The van der Waals surface area contributed by atoms with Crippen LogP contribution in [0.3, 0.4) is 0 Å². The molecule has 0 aliphatic carbocycles. The molecule has 0 saturated carbocycles. The molecule has 0 spiro atoms. The Morgan fingerprint density at radius 3 is 2.70 bits per heavy atom. The highest BCUT2D eigenvalue weighted by Crippen LogP contribution is 2.26. The Kier molecular flexibility index (Phi) is 4.36. The summed E-state index contributed by atoms with van der Waals surface area (Å²) in [4.78, 5) is 16.3. The van der Waals surface area contributed by atoms with E-state index >= 15 is 0 Å². The van der Waals surface area contributed by atoms with Gasteiger partial charge in [-0.1, -0.05) is 29.8 Å². The number of anilines is 1. The highest BCUT2D eigenvalue weighted by molar-refractivity contribution is 7.14. The fourth-order valence-electron chi connectivity index (χ4n) is 1.99. The molecule has 0 saturated heterocycles. The average Bonchev–Trinajstić information content (AvgIpc) is 2.95. The predicted molar refractivity (Wildman–Crippen MR) is 86.9 cm³/mol. The molecule has 1 heterocycles. The van der Waals surface area contributed by atoms with Gasteiger partial charge in [-0.05, 0) is 24.3 Å². The number of thiazole rings is 1. The van der Waals surface area contributed by atoms with Crippen LogP contribution in [0.5, 0.6) is 0 Å². The van der Waals surface area contributed by atoms with E-state index in [2.05, 4.69) is 10.3 Å². The quantitative estimate of drug-likeness (QED) is 0.722. The molecule has 0 bridgehead atoms. The molecule has 7 heteroatoms. The summed E-state index contributed by atoms with van der Waals surface area (Å²) in [6.07, 6.45) is 0. The molecule has 3 nitrogen and oxygen atoms in total. The lowest BCUT2D eigenvalue weighted by molar-refractivity contribution is 0.102. The van der Waals surface area contributed by atoms with Crippen molar-refractivity contribution < 1.29 is 13.6 Å². The van der Waals surface area contributed by atoms with Crippen molar-refractivity contribution in [1.82, 2.24) is 4.98 Å². The minimum Gasteiger partial charge on any atom is -0.298 e. The van der Waals surface area contributed by atoms with E-state index < -0.39 is 11.7 Å². The van der Waals surface area contributed by atoms with Crippen LogP contribution >= 0.6 is 22.9 Å². The summed E-state index contributed by atoms with van der Waals surface area (Å²) in [6.45, 7) is 0. The molecule has 0 aliphatic rings. The molecule has 0 atom stereocenters. The SMILES string of the molecule is O=C(Nc1nc(-c2cccc(F)c2)cs1)c1c(F)cccc1Cl. The van der Waals surface area contributed by atoms with Crippen LogP contribution in [0.25, 0.3) is 11.3 Å². The molecule has 2 aromatic carbocycles. The number of amides is 1. The second-order valence-corrected chi connectivity index (χ2v) is 5.86. The molecule has 23 heavy (non-hydrogen) atoms. The molecule has 1 amide bonds. The van der Waals surface area contributed by atoms with Crippen molar-refractivity contribution in [1.29, 1.82) is 0 Å². The summed E-state index contributed by atoms with van der Waals surface area (Å²) in [7, 11) is 0. The fraction of sp³-hybridized carbons (Fsp3) is 0. The van der Waals surface area contributed by atoms with Gasteiger partial charge in [-0.25, -0.2) is 13.8 Å². The van der Waals surface area contributed by atoms with Crippen molar-refractivity contribution in [3.8, 4) is 11.3 Å². The van der Waals surface area contributed by atoms with E-state index in [0.29, 0.717) is 11.3 Å². The molecule has 0 unspecified atom stereocenters. The zero-order valence-corrected chi connectivity index (χ0v) is 13.1. The average molecular weight is 351 g/mol. The number of aromatic nitrogens is 1. The fourth-order valence-corrected chi connectivity index (χ4v) is 2.95. The maximum atomic E-state index is 13.7. The van der Waals surface area contributed by atoms with Crippen molar-refractivity contribution >= 4 is 34.0 Å². The van der Waals surface area contributed by atoms with E-state index in [0.717, 1.165) is 17.4 Å². The molecule has 0 radical (unpaired) electrons. The van der Waals surface area contributed by atoms with Crippen LogP contribution < -0.4 is 5.32 Å². The van der Waals surface area contributed by atoms with Crippen LogP contribution in [-0.2, 0) is 0 Å². The van der Waals surface area contributed by atoms with Crippen molar-refractivity contribution in [3.63, 3.8) is 0 Å². The second kappa shape index (κ2) is 6.44. The molecule has 1 N–H and O–H groups in total. The first-order valence-electron chi connectivity index (χ1n) is 6.51. The summed E-state index contributed by atoms with van der Waals surface area (Å²) in [5.74, 6) is -1.77. The number of hydrogen-bond acceptors (Lipinski definition) is 3. The first-order chi connectivity index (χ1) is 11.0. The lowest BCUT2D eigenvalue weighted by atomic mass is 10.2. The van der Waals surface area contributed by atoms with Crippen LogP contribution in [-0.4, -0.2) is 10.9 Å². The first-order valence-corrected chi connectivity index (χ1v) is 7.77. The molecule has 0 fully saturated rings. The monoisotopic (exact) mass is 350 g/mol. The van der Waals surface area contributed by atoms with Gasteiger partial charge in [0.05, 0.1) is 16.3 Å². The third-order valence-electron chi connectivity index (χ3n) is 3.03.